The molecule has 4 N–H and O–H groups in total. The highest BCUT2D eigenvalue weighted by Crippen LogP contribution is 2.12. The first-order valence-electron chi connectivity index (χ1n) is 4.76. The van der Waals surface area contributed by atoms with E-state index < -0.39 is 16.3 Å². The van der Waals surface area contributed by atoms with Crippen molar-refractivity contribution in [3.8, 4) is 0 Å². The number of nitrogens with two attached hydrogens (primary N) is 1. The van der Waals surface area contributed by atoms with Crippen molar-refractivity contribution in [2.24, 2.45) is 0 Å². The summed E-state index contributed by atoms with van der Waals surface area (Å²) >= 11 is 0. The molecule has 8 heteroatoms. The normalized spacial score (nSPS) is 10.6. The molecule has 1 amide bonds. The van der Waals surface area contributed by atoms with Gasteiger partial charge in [0.05, 0.1) is 12.3 Å². The van der Waals surface area contributed by atoms with Crippen LogP contribution in [0.4, 0.5) is 16.2 Å². The zero-order valence-electron chi connectivity index (χ0n) is 9.14. The van der Waals surface area contributed by atoms with Crippen molar-refractivity contribution < 1.29 is 17.9 Å². The lowest BCUT2D eigenvalue weighted by molar-refractivity contribution is 0.159. The largest absolute Gasteiger partial charge is 0.449 e. The molecular formula is C9H13N3O4S. The number of rotatable bonds is 4. The van der Waals surface area contributed by atoms with Crippen LogP contribution in [0, 0.1) is 0 Å². The number of anilines is 2. The zero-order valence-corrected chi connectivity index (χ0v) is 9.95. The maximum Gasteiger partial charge on any atom is 0.422 e. The average Bonchev–Trinajstić information content (AvgIpc) is 2.15. The minimum atomic E-state index is -4.00. The van der Waals surface area contributed by atoms with E-state index in [1.165, 1.54) is 12.1 Å². The fourth-order valence-electron chi connectivity index (χ4n) is 1.05. The summed E-state index contributed by atoms with van der Waals surface area (Å²) in [7, 11) is -4.00. The van der Waals surface area contributed by atoms with Gasteiger partial charge in [-0.05, 0) is 25.1 Å². The van der Waals surface area contributed by atoms with Gasteiger partial charge in [0, 0.05) is 5.69 Å². The van der Waals surface area contributed by atoms with Crippen molar-refractivity contribution in [1.82, 2.24) is 4.72 Å². The first-order valence-corrected chi connectivity index (χ1v) is 6.24. The molecule has 0 unspecified atom stereocenters. The van der Waals surface area contributed by atoms with Crippen molar-refractivity contribution in [3.05, 3.63) is 24.3 Å². The number of carbonyl (C=O) groups is 1. The van der Waals surface area contributed by atoms with E-state index in [0.717, 1.165) is 0 Å². The number of benzene rings is 1. The van der Waals surface area contributed by atoms with Crippen LogP contribution in [0.25, 0.3) is 0 Å². The van der Waals surface area contributed by atoms with Crippen LogP contribution in [0.1, 0.15) is 6.92 Å². The maximum absolute atomic E-state index is 11.4. The number of amides is 1. The van der Waals surface area contributed by atoms with Gasteiger partial charge in [0.25, 0.3) is 0 Å². The first kappa shape index (κ1) is 13.1. The molecule has 94 valence electrons. The van der Waals surface area contributed by atoms with Gasteiger partial charge in [-0.25, -0.2) is 9.52 Å². The molecule has 0 aliphatic carbocycles. The molecule has 0 heterocycles. The van der Waals surface area contributed by atoms with E-state index in [1.54, 1.807) is 23.8 Å². The van der Waals surface area contributed by atoms with E-state index in [1.807, 2.05) is 0 Å². The fourth-order valence-corrected chi connectivity index (χ4v) is 1.82. The third-order valence-electron chi connectivity index (χ3n) is 1.63. The van der Waals surface area contributed by atoms with Gasteiger partial charge in [-0.15, -0.1) is 0 Å². The Bertz CT molecular complexity index is 501. The van der Waals surface area contributed by atoms with Gasteiger partial charge < -0.3 is 10.5 Å². The molecule has 0 saturated carbocycles. The van der Waals surface area contributed by atoms with Crippen molar-refractivity contribution >= 4 is 27.7 Å². The zero-order chi connectivity index (χ0) is 12.9. The lowest BCUT2D eigenvalue weighted by Crippen LogP contribution is -2.35. The fraction of sp³-hybridized carbons (Fsp3) is 0.222. The summed E-state index contributed by atoms with van der Waals surface area (Å²) in [4.78, 5) is 10.9. The lowest BCUT2D eigenvalue weighted by Gasteiger charge is -2.09. The van der Waals surface area contributed by atoms with Crippen molar-refractivity contribution in [2.45, 2.75) is 6.92 Å². The average molecular weight is 259 g/mol. The summed E-state index contributed by atoms with van der Waals surface area (Å²) in [6, 6.07) is 6.11. The Hall–Kier alpha value is -1.96. The highest BCUT2D eigenvalue weighted by molar-refractivity contribution is 7.91. The molecule has 0 aliphatic rings. The Morgan fingerprint density at radius 2 is 2.18 bits per heavy atom. The third kappa shape index (κ3) is 4.60. The van der Waals surface area contributed by atoms with Gasteiger partial charge in [-0.3, -0.25) is 4.72 Å². The second-order valence-electron chi connectivity index (χ2n) is 3.05. The molecular weight excluding hydrogens is 246 g/mol. The van der Waals surface area contributed by atoms with Crippen LogP contribution in [0.3, 0.4) is 0 Å². The van der Waals surface area contributed by atoms with Crippen LogP contribution in [0.15, 0.2) is 24.3 Å². The van der Waals surface area contributed by atoms with Crippen molar-refractivity contribution in [1.29, 1.82) is 0 Å². The van der Waals surface area contributed by atoms with E-state index in [9.17, 15) is 13.2 Å². The summed E-state index contributed by atoms with van der Waals surface area (Å²) in [5.41, 5.74) is 6.14. The molecule has 0 atom stereocenters. The Kier molecular flexibility index (Phi) is 4.16. The Morgan fingerprint density at radius 1 is 1.47 bits per heavy atom. The Morgan fingerprint density at radius 3 is 2.76 bits per heavy atom. The minimum absolute atomic E-state index is 0.0830. The summed E-state index contributed by atoms with van der Waals surface area (Å²) in [5, 5.41) is 0. The van der Waals surface area contributed by atoms with Crippen molar-refractivity contribution in [2.75, 3.05) is 17.1 Å². The van der Waals surface area contributed by atoms with Crippen LogP contribution in [-0.4, -0.2) is 21.1 Å². The number of hydrogen-bond donors (Lipinski definition) is 3. The number of ether oxygens (including phenoxy) is 1. The van der Waals surface area contributed by atoms with Crippen LogP contribution >= 0.6 is 0 Å². The second kappa shape index (κ2) is 5.39. The standard InChI is InChI=1S/C9H13N3O4S/c1-2-16-9(13)12-17(14,15)11-8-5-3-4-7(10)6-8/h3-6,11H,2,10H2,1H3,(H,12,13). The molecule has 0 aromatic heterocycles. The molecule has 1 rings (SSSR count). The molecule has 0 bridgehead atoms. The summed E-state index contributed by atoms with van der Waals surface area (Å²) in [6.07, 6.45) is -1.04. The second-order valence-corrected chi connectivity index (χ2v) is 4.47. The third-order valence-corrected chi connectivity index (χ3v) is 2.57. The number of carbonyl (C=O) groups excluding carboxylic acids is 1. The van der Waals surface area contributed by atoms with Gasteiger partial charge >= 0.3 is 16.3 Å². The summed E-state index contributed by atoms with van der Waals surface area (Å²) in [5.74, 6) is 0. The molecule has 1 aromatic rings. The van der Waals surface area contributed by atoms with E-state index in [4.69, 9.17) is 5.73 Å². The van der Waals surface area contributed by atoms with Crippen LogP contribution in [0.5, 0.6) is 0 Å². The molecule has 0 saturated heterocycles. The number of nitrogen functional groups attached to an aromatic ring is 1. The highest BCUT2D eigenvalue weighted by Gasteiger charge is 2.14. The van der Waals surface area contributed by atoms with Crippen LogP contribution in [-0.2, 0) is 14.9 Å². The monoisotopic (exact) mass is 259 g/mol. The predicted octanol–water partition coefficient (Wildman–Crippen LogP) is 0.672. The number of hydrogen-bond acceptors (Lipinski definition) is 5. The first-order chi connectivity index (χ1) is 7.93. The predicted molar refractivity (Wildman–Crippen MR) is 63.6 cm³/mol. The summed E-state index contributed by atoms with van der Waals surface area (Å²) in [6.45, 7) is 1.65. The SMILES string of the molecule is CCOC(=O)NS(=O)(=O)Nc1cccc(N)c1. The van der Waals surface area contributed by atoms with Gasteiger partial charge in [0.15, 0.2) is 0 Å². The van der Waals surface area contributed by atoms with Gasteiger partial charge in [0.1, 0.15) is 0 Å². The smallest absolute Gasteiger partial charge is 0.422 e. The molecule has 7 nitrogen and oxygen atoms in total. The number of nitrogens with one attached hydrogen (secondary N) is 2. The maximum atomic E-state index is 11.4. The van der Waals surface area contributed by atoms with E-state index in [-0.39, 0.29) is 12.3 Å². The topological polar surface area (TPSA) is 111 Å². The van der Waals surface area contributed by atoms with Gasteiger partial charge in [-0.2, -0.15) is 8.42 Å². The molecule has 0 spiro atoms. The minimum Gasteiger partial charge on any atom is -0.449 e. The van der Waals surface area contributed by atoms with E-state index in [2.05, 4.69) is 9.46 Å². The molecule has 1 aromatic carbocycles. The van der Waals surface area contributed by atoms with Gasteiger partial charge in [0.2, 0.25) is 0 Å². The lowest BCUT2D eigenvalue weighted by atomic mass is 10.3. The molecule has 0 radical (unpaired) electrons. The highest BCUT2D eigenvalue weighted by atomic mass is 32.2. The summed E-state index contributed by atoms with van der Waals surface area (Å²) < 4.78 is 31.1. The van der Waals surface area contributed by atoms with E-state index in [0.29, 0.717) is 5.69 Å². The Balaban J connectivity index is 2.70. The Labute approximate surface area is 99.1 Å². The quantitative estimate of drug-likeness (QED) is 0.688. The molecule has 0 fully saturated rings. The van der Waals surface area contributed by atoms with Gasteiger partial charge in [-0.1, -0.05) is 6.07 Å². The van der Waals surface area contributed by atoms with Crippen molar-refractivity contribution in [3.63, 3.8) is 0 Å². The molecule has 17 heavy (non-hydrogen) atoms. The van der Waals surface area contributed by atoms with Crippen LogP contribution in [0.2, 0.25) is 0 Å². The van der Waals surface area contributed by atoms with Crippen LogP contribution < -0.4 is 15.2 Å². The van der Waals surface area contributed by atoms with E-state index >= 15 is 0 Å². The molecule has 0 aliphatic heterocycles.